The fourth-order valence-electron chi connectivity index (χ4n) is 6.88. The molecule has 4 rings (SSSR count). The first-order valence-electron chi connectivity index (χ1n) is 17.9. The molecule has 0 aliphatic heterocycles. The molecule has 4 aromatic carbocycles. The number of unbranched alkanes of at least 4 members (excludes halogenated alkanes) is 6. The average Bonchev–Trinajstić information content (AvgIpc) is 3.07. The Hall–Kier alpha value is -3.52. The quantitative estimate of drug-likeness (QED) is 0.0828. The molecule has 0 saturated carbocycles. The van der Waals surface area contributed by atoms with E-state index in [-0.39, 0.29) is 0 Å². The van der Waals surface area contributed by atoms with E-state index < -0.39 is 0 Å². The minimum atomic E-state index is 0.418. The van der Waals surface area contributed by atoms with Crippen molar-refractivity contribution in [3.8, 4) is 0 Å². The summed E-state index contributed by atoms with van der Waals surface area (Å²) in [6, 6.07) is 36.3. The Labute approximate surface area is 274 Å². The van der Waals surface area contributed by atoms with Gasteiger partial charge in [0.05, 0.1) is 0 Å². The lowest BCUT2D eigenvalue weighted by atomic mass is 9.83. The van der Waals surface area contributed by atoms with E-state index in [2.05, 4.69) is 93.6 Å². The zero-order valence-corrected chi connectivity index (χ0v) is 28.3. The zero-order chi connectivity index (χ0) is 31.9. The molecule has 0 aromatic heterocycles. The Morgan fingerprint density at radius 1 is 0.400 bits per heavy atom. The average molecular weight is 603 g/mol. The highest BCUT2D eigenvalue weighted by molar-refractivity contribution is 5.44. The summed E-state index contributed by atoms with van der Waals surface area (Å²) in [6.45, 7) is 6.86. The van der Waals surface area contributed by atoms with E-state index in [1.807, 2.05) is 24.3 Å². The monoisotopic (exact) mass is 602 g/mol. The van der Waals surface area contributed by atoms with Crippen molar-refractivity contribution in [3.05, 3.63) is 130 Å². The third-order valence-electron chi connectivity index (χ3n) is 9.70. The van der Waals surface area contributed by atoms with Crippen molar-refractivity contribution in [1.82, 2.24) is 0 Å². The number of rotatable bonds is 19. The van der Waals surface area contributed by atoms with Gasteiger partial charge in [-0.25, -0.2) is 0 Å². The molecule has 0 bridgehead atoms. The minimum Gasteiger partial charge on any atom is -0.399 e. The third kappa shape index (κ3) is 10.5. The molecule has 3 atom stereocenters. The summed E-state index contributed by atoms with van der Waals surface area (Å²) >= 11 is 0. The van der Waals surface area contributed by atoms with Crippen LogP contribution in [0.15, 0.2) is 97.1 Å². The Kier molecular flexibility index (Phi) is 14.1. The van der Waals surface area contributed by atoms with Gasteiger partial charge in [-0.3, -0.25) is 0 Å². The van der Waals surface area contributed by atoms with Gasteiger partial charge in [0, 0.05) is 23.2 Å². The maximum Gasteiger partial charge on any atom is 0.0314 e. The standard InChI is InChI=1S/C43H58N2/c1-4-7-10-11-12-13-39(34-20-22-36(23-21-34)43(15-9-6-3)38-26-30-41(45)31-27-38)32-33-16-18-35(19-17-33)42(14-8-5-2)37-24-28-40(44)29-25-37/h16-31,39,42-43H,4-15,32,44-45H2,1-3H3. The molecular weight excluding hydrogens is 544 g/mol. The number of hydrogen-bond acceptors (Lipinski definition) is 2. The fraction of sp³-hybridized carbons (Fsp3) is 0.442. The molecule has 0 aliphatic carbocycles. The molecule has 4 aromatic rings. The lowest BCUT2D eigenvalue weighted by Crippen LogP contribution is -2.06. The van der Waals surface area contributed by atoms with Gasteiger partial charge in [-0.1, -0.05) is 151 Å². The van der Waals surface area contributed by atoms with Gasteiger partial charge in [-0.05, 0) is 89.2 Å². The fourth-order valence-corrected chi connectivity index (χ4v) is 6.88. The Morgan fingerprint density at radius 3 is 1.22 bits per heavy atom. The Bertz CT molecular complexity index is 1350. The van der Waals surface area contributed by atoms with Crippen LogP contribution in [0, 0.1) is 0 Å². The van der Waals surface area contributed by atoms with Gasteiger partial charge in [0.15, 0.2) is 0 Å². The van der Waals surface area contributed by atoms with Crippen LogP contribution in [0.1, 0.15) is 149 Å². The predicted molar refractivity (Wildman–Crippen MR) is 197 cm³/mol. The van der Waals surface area contributed by atoms with E-state index in [1.165, 1.54) is 110 Å². The molecule has 45 heavy (non-hydrogen) atoms. The highest BCUT2D eigenvalue weighted by Crippen LogP contribution is 2.35. The number of benzene rings is 4. The van der Waals surface area contributed by atoms with Crippen molar-refractivity contribution in [2.75, 3.05) is 11.5 Å². The lowest BCUT2D eigenvalue weighted by molar-refractivity contribution is 0.542. The SMILES string of the molecule is CCCCCCCC(Cc1ccc(C(CCCC)c2ccc(N)cc2)cc1)c1ccc(C(CCCC)c2ccc(N)cc2)cc1. The van der Waals surface area contributed by atoms with Crippen LogP contribution in [-0.4, -0.2) is 0 Å². The van der Waals surface area contributed by atoms with E-state index in [4.69, 9.17) is 11.5 Å². The molecule has 0 saturated heterocycles. The zero-order valence-electron chi connectivity index (χ0n) is 28.3. The molecule has 240 valence electrons. The van der Waals surface area contributed by atoms with Gasteiger partial charge in [-0.2, -0.15) is 0 Å². The van der Waals surface area contributed by atoms with Gasteiger partial charge in [0.2, 0.25) is 0 Å². The largest absolute Gasteiger partial charge is 0.399 e. The summed E-state index contributed by atoms with van der Waals surface area (Å²) in [4.78, 5) is 0. The van der Waals surface area contributed by atoms with Gasteiger partial charge in [0.25, 0.3) is 0 Å². The highest BCUT2D eigenvalue weighted by atomic mass is 14.5. The van der Waals surface area contributed by atoms with Crippen molar-refractivity contribution in [3.63, 3.8) is 0 Å². The van der Waals surface area contributed by atoms with Crippen LogP contribution in [0.25, 0.3) is 0 Å². The van der Waals surface area contributed by atoms with Crippen molar-refractivity contribution in [2.24, 2.45) is 0 Å². The molecule has 0 aliphatic rings. The maximum atomic E-state index is 6.02. The highest BCUT2D eigenvalue weighted by Gasteiger charge is 2.18. The van der Waals surface area contributed by atoms with Gasteiger partial charge < -0.3 is 11.5 Å². The van der Waals surface area contributed by atoms with Gasteiger partial charge in [0.1, 0.15) is 0 Å². The van der Waals surface area contributed by atoms with Crippen LogP contribution in [-0.2, 0) is 6.42 Å². The second-order valence-electron chi connectivity index (χ2n) is 13.2. The smallest absolute Gasteiger partial charge is 0.0314 e. The molecule has 2 heteroatoms. The summed E-state index contributed by atoms with van der Waals surface area (Å²) in [6.07, 6.45) is 16.2. The van der Waals surface area contributed by atoms with Crippen LogP contribution < -0.4 is 11.5 Å². The van der Waals surface area contributed by atoms with E-state index in [0.29, 0.717) is 17.8 Å². The summed E-state index contributed by atoms with van der Waals surface area (Å²) < 4.78 is 0. The van der Waals surface area contributed by atoms with Gasteiger partial charge >= 0.3 is 0 Å². The van der Waals surface area contributed by atoms with Crippen LogP contribution in [0.5, 0.6) is 0 Å². The second-order valence-corrected chi connectivity index (χ2v) is 13.2. The molecular formula is C43H58N2. The Morgan fingerprint density at radius 2 is 0.778 bits per heavy atom. The predicted octanol–water partition coefficient (Wildman–Crippen LogP) is 12.2. The Balaban J connectivity index is 1.53. The number of nitrogen functional groups attached to an aromatic ring is 2. The first kappa shape index (κ1) is 34.4. The van der Waals surface area contributed by atoms with Crippen LogP contribution >= 0.6 is 0 Å². The molecule has 3 unspecified atom stereocenters. The third-order valence-corrected chi connectivity index (χ3v) is 9.70. The summed E-state index contributed by atoms with van der Waals surface area (Å²) in [5, 5.41) is 0. The topological polar surface area (TPSA) is 52.0 Å². The minimum absolute atomic E-state index is 0.418. The molecule has 2 nitrogen and oxygen atoms in total. The molecule has 0 fully saturated rings. The molecule has 0 radical (unpaired) electrons. The van der Waals surface area contributed by atoms with Crippen LogP contribution in [0.4, 0.5) is 11.4 Å². The molecule has 0 heterocycles. The van der Waals surface area contributed by atoms with E-state index >= 15 is 0 Å². The van der Waals surface area contributed by atoms with E-state index in [1.54, 1.807) is 0 Å². The van der Waals surface area contributed by atoms with Crippen molar-refractivity contribution >= 4 is 11.4 Å². The van der Waals surface area contributed by atoms with Crippen LogP contribution in [0.3, 0.4) is 0 Å². The lowest BCUT2D eigenvalue weighted by Gasteiger charge is -2.22. The molecule has 0 amide bonds. The summed E-state index contributed by atoms with van der Waals surface area (Å²) in [7, 11) is 0. The van der Waals surface area contributed by atoms with Crippen LogP contribution in [0.2, 0.25) is 0 Å². The van der Waals surface area contributed by atoms with Crippen molar-refractivity contribution in [2.45, 2.75) is 122 Å². The van der Waals surface area contributed by atoms with E-state index in [9.17, 15) is 0 Å². The van der Waals surface area contributed by atoms with E-state index in [0.717, 1.165) is 17.8 Å². The molecule has 4 N–H and O–H groups in total. The first-order chi connectivity index (χ1) is 22.0. The van der Waals surface area contributed by atoms with Gasteiger partial charge in [-0.15, -0.1) is 0 Å². The van der Waals surface area contributed by atoms with Crippen molar-refractivity contribution < 1.29 is 0 Å². The number of nitrogens with two attached hydrogens (primary N) is 2. The summed E-state index contributed by atoms with van der Waals surface area (Å²) in [5.74, 6) is 1.37. The summed E-state index contributed by atoms with van der Waals surface area (Å²) in [5.41, 5.74) is 22.2. The first-order valence-corrected chi connectivity index (χ1v) is 17.9. The second kappa shape index (κ2) is 18.4. The maximum absolute atomic E-state index is 6.02. The van der Waals surface area contributed by atoms with Crippen molar-refractivity contribution in [1.29, 1.82) is 0 Å². The number of anilines is 2. The molecule has 0 spiro atoms. The number of hydrogen-bond donors (Lipinski definition) is 2. The normalized spacial score (nSPS) is 13.4.